The van der Waals surface area contributed by atoms with Crippen molar-refractivity contribution in [2.24, 2.45) is 4.99 Å². The highest BCUT2D eigenvalue weighted by molar-refractivity contribution is 14.0. The highest BCUT2D eigenvalue weighted by atomic mass is 127. The molecule has 1 aromatic carbocycles. The molecule has 8 heteroatoms. The first kappa shape index (κ1) is 23.6. The molecule has 0 saturated carbocycles. The quantitative estimate of drug-likeness (QED) is 0.261. The molecule has 1 aromatic rings. The lowest BCUT2D eigenvalue weighted by Crippen LogP contribution is -2.53. The van der Waals surface area contributed by atoms with Crippen LogP contribution in [-0.2, 0) is 4.79 Å². The molecule has 1 heterocycles. The van der Waals surface area contributed by atoms with Crippen molar-refractivity contribution in [3.63, 3.8) is 0 Å². The first-order valence-electron chi connectivity index (χ1n) is 8.70. The van der Waals surface area contributed by atoms with Crippen molar-refractivity contribution in [1.82, 2.24) is 15.1 Å². The van der Waals surface area contributed by atoms with Crippen molar-refractivity contribution in [2.75, 3.05) is 39.3 Å². The summed E-state index contributed by atoms with van der Waals surface area (Å²) in [4.78, 5) is 21.7. The largest absolute Gasteiger partial charge is 0.357 e. The smallest absolute Gasteiger partial charge is 0.219 e. The van der Waals surface area contributed by atoms with Gasteiger partial charge in [0.15, 0.2) is 5.96 Å². The number of hydrogen-bond donors (Lipinski definition) is 1. The number of rotatable bonds is 5. The first-order chi connectivity index (χ1) is 12.0. The van der Waals surface area contributed by atoms with Crippen LogP contribution in [0.5, 0.6) is 0 Å². The highest BCUT2D eigenvalue weighted by Gasteiger charge is 2.21. The van der Waals surface area contributed by atoms with Crippen LogP contribution in [0.1, 0.15) is 20.8 Å². The lowest BCUT2D eigenvalue weighted by Gasteiger charge is -2.36. The zero-order valence-electron chi connectivity index (χ0n) is 15.6. The van der Waals surface area contributed by atoms with Crippen LogP contribution in [0, 0.1) is 0 Å². The molecule has 0 aliphatic carbocycles. The lowest BCUT2D eigenvalue weighted by atomic mass is 10.3. The van der Waals surface area contributed by atoms with E-state index in [1.165, 1.54) is 4.90 Å². The second kappa shape index (κ2) is 12.1. The van der Waals surface area contributed by atoms with Crippen LogP contribution in [-0.4, -0.2) is 66.2 Å². The van der Waals surface area contributed by atoms with Gasteiger partial charge >= 0.3 is 0 Å². The Bertz CT molecular complexity index is 591. The minimum atomic E-state index is 0. The van der Waals surface area contributed by atoms with Gasteiger partial charge in [0.2, 0.25) is 5.91 Å². The van der Waals surface area contributed by atoms with E-state index in [0.717, 1.165) is 49.7 Å². The average molecular weight is 555 g/mol. The Labute approximate surface area is 186 Å². The SMILES string of the molecule is CCNC(=NCC(C)Sc1ccc(Br)cc1)N1CCN(C(C)=O)CC1.I. The van der Waals surface area contributed by atoms with Crippen molar-refractivity contribution >= 4 is 63.5 Å². The number of thioether (sulfide) groups is 1. The number of halogens is 2. The summed E-state index contributed by atoms with van der Waals surface area (Å²) >= 11 is 5.30. The Balaban J connectivity index is 0.00000338. The maximum atomic E-state index is 11.5. The van der Waals surface area contributed by atoms with Crippen molar-refractivity contribution in [3.8, 4) is 0 Å². The maximum absolute atomic E-state index is 11.5. The van der Waals surface area contributed by atoms with Crippen LogP contribution in [0.2, 0.25) is 0 Å². The monoisotopic (exact) mass is 554 g/mol. The van der Waals surface area contributed by atoms with Crippen LogP contribution in [0.15, 0.2) is 38.6 Å². The van der Waals surface area contributed by atoms with E-state index in [2.05, 4.69) is 64.3 Å². The molecule has 1 fully saturated rings. The van der Waals surface area contributed by atoms with Gasteiger partial charge in [-0.05, 0) is 31.2 Å². The van der Waals surface area contributed by atoms with Gasteiger partial charge in [0.25, 0.3) is 0 Å². The van der Waals surface area contributed by atoms with Gasteiger partial charge in [-0.3, -0.25) is 9.79 Å². The fourth-order valence-corrected chi connectivity index (χ4v) is 3.83. The van der Waals surface area contributed by atoms with E-state index in [-0.39, 0.29) is 29.9 Å². The van der Waals surface area contributed by atoms with Crippen LogP contribution < -0.4 is 5.32 Å². The van der Waals surface area contributed by atoms with Crippen molar-refractivity contribution < 1.29 is 4.79 Å². The molecule has 1 atom stereocenters. The summed E-state index contributed by atoms with van der Waals surface area (Å²) in [6, 6.07) is 8.39. The molecule has 5 nitrogen and oxygen atoms in total. The summed E-state index contributed by atoms with van der Waals surface area (Å²) in [5.74, 6) is 1.11. The molecule has 0 aromatic heterocycles. The standard InChI is InChI=1S/C18H27BrN4OS.HI/c1-4-20-18(23-11-9-22(10-12-23)15(3)24)21-13-14(2)25-17-7-5-16(19)6-8-17;/h5-8,14H,4,9-13H2,1-3H3,(H,20,21);1H. The minimum absolute atomic E-state index is 0. The van der Waals surface area contributed by atoms with Crippen molar-refractivity contribution in [2.45, 2.75) is 30.9 Å². The zero-order valence-corrected chi connectivity index (χ0v) is 20.3. The van der Waals surface area contributed by atoms with Crippen LogP contribution in [0.3, 0.4) is 0 Å². The number of piperazine rings is 1. The minimum Gasteiger partial charge on any atom is -0.357 e. The Morgan fingerprint density at radius 2 is 1.81 bits per heavy atom. The molecule has 1 aliphatic heterocycles. The Kier molecular flexibility index (Phi) is 10.9. The first-order valence-corrected chi connectivity index (χ1v) is 10.4. The predicted octanol–water partition coefficient (Wildman–Crippen LogP) is 3.68. The van der Waals surface area contributed by atoms with Crippen LogP contribution in [0.25, 0.3) is 0 Å². The van der Waals surface area contributed by atoms with E-state index < -0.39 is 0 Å². The Morgan fingerprint density at radius 1 is 1.23 bits per heavy atom. The lowest BCUT2D eigenvalue weighted by molar-refractivity contribution is -0.130. The summed E-state index contributed by atoms with van der Waals surface area (Å²) < 4.78 is 1.10. The molecule has 1 N–H and O–H groups in total. The summed E-state index contributed by atoms with van der Waals surface area (Å²) in [6.07, 6.45) is 0. The number of guanidine groups is 1. The number of benzene rings is 1. The Morgan fingerprint density at radius 3 is 2.35 bits per heavy atom. The molecule has 0 bridgehead atoms. The van der Waals surface area contributed by atoms with E-state index in [1.54, 1.807) is 6.92 Å². The summed E-state index contributed by atoms with van der Waals surface area (Å²) in [5.41, 5.74) is 0. The number of nitrogens with zero attached hydrogens (tertiary/aromatic N) is 3. The third-order valence-corrected chi connectivity index (χ3v) is 5.63. The van der Waals surface area contributed by atoms with Crippen molar-refractivity contribution in [1.29, 1.82) is 0 Å². The molecule has 0 spiro atoms. The number of carbonyl (C=O) groups excluding carboxylic acids is 1. The normalized spacial score (nSPS) is 16.1. The fourth-order valence-electron chi connectivity index (χ4n) is 2.66. The third kappa shape index (κ3) is 7.64. The van der Waals surface area contributed by atoms with Gasteiger partial charge < -0.3 is 15.1 Å². The van der Waals surface area contributed by atoms with Gasteiger partial charge in [-0.15, -0.1) is 35.7 Å². The fraction of sp³-hybridized carbons (Fsp3) is 0.556. The molecule has 0 radical (unpaired) electrons. The van der Waals surface area contributed by atoms with E-state index in [1.807, 2.05) is 16.7 Å². The van der Waals surface area contributed by atoms with E-state index in [4.69, 9.17) is 4.99 Å². The maximum Gasteiger partial charge on any atom is 0.219 e. The summed E-state index contributed by atoms with van der Waals surface area (Å²) in [5, 5.41) is 3.78. The number of amides is 1. The van der Waals surface area contributed by atoms with Gasteiger partial charge in [0.05, 0.1) is 6.54 Å². The van der Waals surface area contributed by atoms with Gasteiger partial charge in [-0.1, -0.05) is 22.9 Å². The summed E-state index contributed by atoms with van der Waals surface area (Å²) in [6.45, 7) is 10.7. The van der Waals surface area contributed by atoms with Gasteiger partial charge in [-0.25, -0.2) is 0 Å². The van der Waals surface area contributed by atoms with Gasteiger partial charge in [0, 0.05) is 54.3 Å². The number of carbonyl (C=O) groups is 1. The zero-order chi connectivity index (χ0) is 18.2. The molecule has 26 heavy (non-hydrogen) atoms. The summed E-state index contributed by atoms with van der Waals surface area (Å²) in [7, 11) is 0. The van der Waals surface area contributed by atoms with E-state index in [0.29, 0.717) is 5.25 Å². The molecule has 1 aliphatic rings. The molecular weight excluding hydrogens is 527 g/mol. The van der Waals surface area contributed by atoms with Crippen LogP contribution >= 0.6 is 51.7 Å². The second-order valence-corrected chi connectivity index (χ2v) is 8.50. The Hall–Kier alpha value is -0.480. The van der Waals surface area contributed by atoms with E-state index in [9.17, 15) is 4.79 Å². The highest BCUT2D eigenvalue weighted by Crippen LogP contribution is 2.25. The molecule has 2 rings (SSSR count). The van der Waals surface area contributed by atoms with Gasteiger partial charge in [-0.2, -0.15) is 0 Å². The number of nitrogens with one attached hydrogen (secondary N) is 1. The van der Waals surface area contributed by atoms with Crippen LogP contribution in [0.4, 0.5) is 0 Å². The second-order valence-electron chi connectivity index (χ2n) is 6.07. The predicted molar refractivity (Wildman–Crippen MR) is 125 cm³/mol. The topological polar surface area (TPSA) is 47.9 Å². The van der Waals surface area contributed by atoms with E-state index >= 15 is 0 Å². The molecule has 1 saturated heterocycles. The number of hydrogen-bond acceptors (Lipinski definition) is 3. The molecular formula is C18H28BrIN4OS. The van der Waals surface area contributed by atoms with Crippen molar-refractivity contribution in [3.05, 3.63) is 28.7 Å². The van der Waals surface area contributed by atoms with Gasteiger partial charge in [0.1, 0.15) is 0 Å². The molecule has 1 amide bonds. The number of aliphatic imine (C=N–C) groups is 1. The average Bonchev–Trinajstić information content (AvgIpc) is 2.60. The third-order valence-electron chi connectivity index (χ3n) is 4.01. The molecule has 1 unspecified atom stereocenters. The molecule has 146 valence electrons.